The van der Waals surface area contributed by atoms with E-state index in [9.17, 15) is 8.42 Å². The Morgan fingerprint density at radius 2 is 2.14 bits per heavy atom. The number of sulfone groups is 1. The number of piperidine rings is 1. The van der Waals surface area contributed by atoms with Crippen LogP contribution < -0.4 is 5.32 Å². The van der Waals surface area contributed by atoms with Gasteiger partial charge in [0.05, 0.1) is 23.7 Å². The van der Waals surface area contributed by atoms with Crippen LogP contribution in [-0.4, -0.2) is 79.2 Å². The Bertz CT molecular complexity index is 757. The van der Waals surface area contributed by atoms with Crippen LogP contribution in [0, 0.1) is 5.92 Å². The fourth-order valence-corrected chi connectivity index (χ4v) is 5.34. The summed E-state index contributed by atoms with van der Waals surface area (Å²) >= 11 is 0. The highest BCUT2D eigenvalue weighted by atomic mass is 32.2. The van der Waals surface area contributed by atoms with E-state index in [1.54, 1.807) is 0 Å². The second-order valence-corrected chi connectivity index (χ2v) is 10.4. The van der Waals surface area contributed by atoms with Crippen LogP contribution in [-0.2, 0) is 14.6 Å². The van der Waals surface area contributed by atoms with Crippen molar-refractivity contribution >= 4 is 15.8 Å². The largest absolute Gasteiger partial charge is 0.381 e. The van der Waals surface area contributed by atoms with Crippen molar-refractivity contribution in [2.75, 3.05) is 45.6 Å². The predicted octanol–water partition coefficient (Wildman–Crippen LogP) is 1.33. The third kappa shape index (κ3) is 4.51. The maximum atomic E-state index is 12.5. The maximum absolute atomic E-state index is 12.5. The molecule has 2 aliphatic rings. The number of aliphatic imine (C=N–C) groups is 1. The highest BCUT2D eigenvalue weighted by molar-refractivity contribution is 7.92. The molecule has 2 fully saturated rings. The number of nitrogens with one attached hydrogen (secondary N) is 1. The molecule has 2 atom stereocenters. The molecule has 0 spiro atoms. The van der Waals surface area contributed by atoms with Crippen LogP contribution in [0.4, 0.5) is 0 Å². The molecule has 1 aromatic heterocycles. The standard InChI is InChI=1S/C19H33N5O3S/c1-4-21-18(22-14-19(28(3,25)26)6-11-27-12-7-19)23-9-5-16(2)17(13-23)24-10-8-20-15-24/h8,10,15-17H,4-7,9,11-14H2,1-3H3,(H,21,22). The molecule has 0 aliphatic carbocycles. The first kappa shape index (κ1) is 21.1. The normalized spacial score (nSPS) is 26.2. The quantitative estimate of drug-likeness (QED) is 0.581. The average molecular weight is 412 g/mol. The highest BCUT2D eigenvalue weighted by Crippen LogP contribution is 2.31. The number of aromatic nitrogens is 2. The zero-order chi connectivity index (χ0) is 20.2. The number of guanidine groups is 1. The van der Waals surface area contributed by atoms with E-state index in [4.69, 9.17) is 9.73 Å². The van der Waals surface area contributed by atoms with Gasteiger partial charge in [-0.15, -0.1) is 0 Å². The van der Waals surface area contributed by atoms with E-state index in [1.807, 2.05) is 25.6 Å². The minimum atomic E-state index is -3.23. The minimum Gasteiger partial charge on any atom is -0.381 e. The summed E-state index contributed by atoms with van der Waals surface area (Å²) in [7, 11) is -3.23. The Morgan fingerprint density at radius 3 is 2.75 bits per heavy atom. The van der Waals surface area contributed by atoms with Gasteiger partial charge in [0.1, 0.15) is 0 Å². The van der Waals surface area contributed by atoms with Crippen LogP contribution in [0.25, 0.3) is 0 Å². The van der Waals surface area contributed by atoms with Gasteiger partial charge < -0.3 is 19.5 Å². The topological polar surface area (TPSA) is 88.8 Å². The molecular formula is C19H33N5O3S. The Morgan fingerprint density at radius 1 is 1.39 bits per heavy atom. The fourth-order valence-electron chi connectivity index (χ4n) is 4.13. The first-order chi connectivity index (χ1) is 13.4. The summed E-state index contributed by atoms with van der Waals surface area (Å²) in [5.41, 5.74) is 0. The molecule has 2 unspecified atom stereocenters. The van der Waals surface area contributed by atoms with E-state index < -0.39 is 14.6 Å². The Hall–Kier alpha value is -1.61. The van der Waals surface area contributed by atoms with Gasteiger partial charge in [-0.3, -0.25) is 4.99 Å². The molecule has 3 rings (SSSR count). The molecule has 28 heavy (non-hydrogen) atoms. The molecule has 1 N–H and O–H groups in total. The summed E-state index contributed by atoms with van der Waals surface area (Å²) in [6.07, 6.45) is 9.08. The van der Waals surface area contributed by atoms with Gasteiger partial charge >= 0.3 is 0 Å². The SMILES string of the molecule is CCNC(=NCC1(S(C)(=O)=O)CCOCC1)N1CCC(C)C(n2ccnc2)C1. The fraction of sp³-hybridized carbons (Fsp3) is 0.789. The maximum Gasteiger partial charge on any atom is 0.194 e. The number of nitrogens with zero attached hydrogens (tertiary/aromatic N) is 4. The summed E-state index contributed by atoms with van der Waals surface area (Å²) < 4.78 is 31.8. The zero-order valence-corrected chi connectivity index (χ0v) is 18.0. The van der Waals surface area contributed by atoms with Crippen molar-refractivity contribution < 1.29 is 13.2 Å². The van der Waals surface area contributed by atoms with Crippen LogP contribution in [0.5, 0.6) is 0 Å². The van der Waals surface area contributed by atoms with Crippen molar-refractivity contribution in [2.24, 2.45) is 10.9 Å². The highest BCUT2D eigenvalue weighted by Gasteiger charge is 2.42. The molecule has 8 nitrogen and oxygen atoms in total. The molecule has 0 amide bonds. The second kappa shape index (κ2) is 8.82. The summed E-state index contributed by atoms with van der Waals surface area (Å²) in [5, 5.41) is 3.37. The molecule has 0 saturated carbocycles. The minimum absolute atomic E-state index is 0.277. The Kier molecular flexibility index (Phi) is 6.65. The van der Waals surface area contributed by atoms with Crippen LogP contribution in [0.2, 0.25) is 0 Å². The van der Waals surface area contributed by atoms with E-state index in [0.717, 1.165) is 32.0 Å². The predicted molar refractivity (Wildman–Crippen MR) is 110 cm³/mol. The van der Waals surface area contributed by atoms with Gasteiger partial charge in [-0.05, 0) is 32.1 Å². The lowest BCUT2D eigenvalue weighted by atomic mass is 9.93. The van der Waals surface area contributed by atoms with Crippen molar-refractivity contribution in [2.45, 2.75) is 43.9 Å². The lowest BCUT2D eigenvalue weighted by Gasteiger charge is -2.40. The van der Waals surface area contributed by atoms with Gasteiger partial charge in [-0.1, -0.05) is 6.92 Å². The summed E-state index contributed by atoms with van der Waals surface area (Å²) in [4.78, 5) is 11.3. The average Bonchev–Trinajstić information content (AvgIpc) is 3.20. The molecule has 0 radical (unpaired) electrons. The number of hydrogen-bond acceptors (Lipinski definition) is 5. The van der Waals surface area contributed by atoms with Crippen molar-refractivity contribution in [1.29, 1.82) is 0 Å². The Balaban J connectivity index is 1.80. The third-order valence-electron chi connectivity index (χ3n) is 6.17. The number of ether oxygens (including phenoxy) is 1. The van der Waals surface area contributed by atoms with Gasteiger partial charge in [0, 0.05) is 51.5 Å². The summed E-state index contributed by atoms with van der Waals surface area (Å²) in [5.74, 6) is 1.35. The molecule has 3 heterocycles. The molecule has 0 bridgehead atoms. The summed E-state index contributed by atoms with van der Waals surface area (Å²) in [6.45, 7) is 8.02. The van der Waals surface area contributed by atoms with Crippen molar-refractivity contribution in [1.82, 2.24) is 19.8 Å². The van der Waals surface area contributed by atoms with E-state index in [1.165, 1.54) is 6.26 Å². The molecular weight excluding hydrogens is 378 g/mol. The van der Waals surface area contributed by atoms with E-state index in [-0.39, 0.29) is 6.54 Å². The first-order valence-corrected chi connectivity index (χ1v) is 12.0. The molecule has 9 heteroatoms. The van der Waals surface area contributed by atoms with Crippen molar-refractivity contribution in [3.05, 3.63) is 18.7 Å². The molecule has 0 aromatic carbocycles. The lowest BCUT2D eigenvalue weighted by molar-refractivity contribution is 0.0766. The van der Waals surface area contributed by atoms with Crippen LogP contribution in [0.15, 0.2) is 23.7 Å². The van der Waals surface area contributed by atoms with Gasteiger partial charge in [0.2, 0.25) is 0 Å². The monoisotopic (exact) mass is 411 g/mol. The van der Waals surface area contributed by atoms with E-state index in [2.05, 4.69) is 26.7 Å². The van der Waals surface area contributed by atoms with Crippen molar-refractivity contribution in [3.8, 4) is 0 Å². The smallest absolute Gasteiger partial charge is 0.194 e. The second-order valence-electron chi connectivity index (χ2n) is 8.03. The van der Waals surface area contributed by atoms with Gasteiger partial charge in [0.15, 0.2) is 15.8 Å². The molecule has 2 aliphatic heterocycles. The summed E-state index contributed by atoms with van der Waals surface area (Å²) in [6, 6.07) is 0.326. The van der Waals surface area contributed by atoms with Gasteiger partial charge in [0.25, 0.3) is 0 Å². The Labute approximate surface area is 168 Å². The van der Waals surface area contributed by atoms with E-state index in [0.29, 0.717) is 38.0 Å². The third-order valence-corrected chi connectivity index (χ3v) is 8.28. The van der Waals surface area contributed by atoms with Gasteiger partial charge in [-0.2, -0.15) is 0 Å². The number of hydrogen-bond donors (Lipinski definition) is 1. The number of imidazole rings is 1. The number of rotatable bonds is 5. The van der Waals surface area contributed by atoms with Crippen LogP contribution in [0.1, 0.15) is 39.2 Å². The zero-order valence-electron chi connectivity index (χ0n) is 17.2. The van der Waals surface area contributed by atoms with Crippen LogP contribution in [0.3, 0.4) is 0 Å². The first-order valence-electron chi connectivity index (χ1n) is 10.1. The number of likely N-dealkylation sites (tertiary alicyclic amines) is 1. The van der Waals surface area contributed by atoms with E-state index >= 15 is 0 Å². The molecule has 1 aromatic rings. The lowest BCUT2D eigenvalue weighted by Crippen LogP contribution is -2.51. The van der Waals surface area contributed by atoms with Crippen LogP contribution >= 0.6 is 0 Å². The molecule has 158 valence electrons. The van der Waals surface area contributed by atoms with Crippen molar-refractivity contribution in [3.63, 3.8) is 0 Å². The molecule has 2 saturated heterocycles. The van der Waals surface area contributed by atoms with Gasteiger partial charge in [-0.25, -0.2) is 13.4 Å².